The first-order valence-corrected chi connectivity index (χ1v) is 8.08. The van der Waals surface area contributed by atoms with Crippen LogP contribution in [0.25, 0.3) is 0 Å². The Balaban J connectivity index is 2.13. The lowest BCUT2D eigenvalue weighted by Gasteiger charge is -2.23. The zero-order valence-electron chi connectivity index (χ0n) is 11.0. The van der Waals surface area contributed by atoms with Crippen LogP contribution >= 0.6 is 0 Å². The van der Waals surface area contributed by atoms with Crippen molar-refractivity contribution in [2.75, 3.05) is 23.9 Å². The van der Waals surface area contributed by atoms with E-state index in [-0.39, 0.29) is 22.9 Å². The molecule has 1 aromatic rings. The maximum Gasteiger partial charge on any atom is 0.254 e. The molecule has 1 unspecified atom stereocenters. The third kappa shape index (κ3) is 3.24. The number of nitrogens with one attached hydrogen (secondary N) is 2. The van der Waals surface area contributed by atoms with E-state index in [1.54, 1.807) is 0 Å². The number of sulfone groups is 1. The Kier molecular flexibility index (Phi) is 4.22. The van der Waals surface area contributed by atoms with Crippen molar-refractivity contribution in [1.29, 1.82) is 0 Å². The summed E-state index contributed by atoms with van der Waals surface area (Å²) in [6.45, 7) is 0. The summed E-state index contributed by atoms with van der Waals surface area (Å²) >= 11 is 0. The van der Waals surface area contributed by atoms with Crippen molar-refractivity contribution in [3.05, 3.63) is 23.6 Å². The van der Waals surface area contributed by atoms with Crippen molar-refractivity contribution >= 4 is 21.6 Å². The van der Waals surface area contributed by atoms with Gasteiger partial charge >= 0.3 is 0 Å². The fourth-order valence-corrected chi connectivity index (χ4v) is 3.83. The highest BCUT2D eigenvalue weighted by molar-refractivity contribution is 7.91. The van der Waals surface area contributed by atoms with Crippen LogP contribution in [0.2, 0.25) is 0 Å². The van der Waals surface area contributed by atoms with Crippen molar-refractivity contribution in [2.45, 2.75) is 18.9 Å². The Morgan fingerprint density at radius 1 is 1.50 bits per heavy atom. The fourth-order valence-electron chi connectivity index (χ4n) is 2.19. The van der Waals surface area contributed by atoms with Crippen LogP contribution < -0.4 is 10.6 Å². The minimum absolute atomic E-state index is 0.0195. The Hall–Kier alpha value is -1.70. The number of pyridine rings is 1. The molecule has 1 saturated heterocycles. The molecule has 0 saturated carbocycles. The van der Waals surface area contributed by atoms with Crippen molar-refractivity contribution < 1.29 is 17.6 Å². The van der Waals surface area contributed by atoms with Crippen molar-refractivity contribution in [3.8, 4) is 0 Å². The monoisotopic (exact) mass is 301 g/mol. The topological polar surface area (TPSA) is 88.2 Å². The maximum atomic E-state index is 13.9. The summed E-state index contributed by atoms with van der Waals surface area (Å²) in [6.07, 6.45) is 2.41. The van der Waals surface area contributed by atoms with Gasteiger partial charge in [0.1, 0.15) is 0 Å². The lowest BCUT2D eigenvalue weighted by molar-refractivity contribution is 0.0934. The van der Waals surface area contributed by atoms with Crippen LogP contribution in [0.4, 0.5) is 10.2 Å². The third-order valence-electron chi connectivity index (χ3n) is 3.17. The van der Waals surface area contributed by atoms with Crippen LogP contribution in [0.15, 0.2) is 12.3 Å². The van der Waals surface area contributed by atoms with Gasteiger partial charge in [0.05, 0.1) is 17.1 Å². The summed E-state index contributed by atoms with van der Waals surface area (Å²) in [4.78, 5) is 15.8. The molecule has 110 valence electrons. The number of carbonyl (C=O) groups excluding carboxylic acids is 1. The van der Waals surface area contributed by atoms with E-state index in [0.29, 0.717) is 12.8 Å². The first kappa shape index (κ1) is 14.7. The number of hydrogen-bond donors (Lipinski definition) is 2. The molecule has 1 aliphatic rings. The van der Waals surface area contributed by atoms with E-state index in [9.17, 15) is 17.6 Å². The highest BCUT2D eigenvalue weighted by Crippen LogP contribution is 2.16. The van der Waals surface area contributed by atoms with Gasteiger partial charge in [0.2, 0.25) is 0 Å². The number of rotatable bonds is 3. The highest BCUT2D eigenvalue weighted by atomic mass is 32.2. The average Bonchev–Trinajstić information content (AvgIpc) is 2.37. The summed E-state index contributed by atoms with van der Waals surface area (Å²) in [5, 5.41) is 5.11. The molecule has 0 aromatic carbocycles. The van der Waals surface area contributed by atoms with Crippen LogP contribution in [-0.4, -0.2) is 43.9 Å². The molecule has 1 amide bonds. The normalized spacial score (nSPS) is 21.2. The standard InChI is InChI=1S/C12H16FN3O3S/c1-14-11-10(13)9(4-5-15-11)12(17)16-8-3-2-6-20(18,19)7-8/h4-5,8H,2-3,6-7H2,1H3,(H,14,15)(H,16,17). The first-order chi connectivity index (χ1) is 9.43. The molecule has 0 spiro atoms. The molecule has 1 aliphatic heterocycles. The van der Waals surface area contributed by atoms with E-state index in [1.165, 1.54) is 19.3 Å². The number of halogens is 1. The third-order valence-corrected chi connectivity index (χ3v) is 4.99. The molecule has 1 atom stereocenters. The summed E-state index contributed by atoms with van der Waals surface area (Å²) in [7, 11) is -1.62. The lowest BCUT2D eigenvalue weighted by atomic mass is 10.1. The lowest BCUT2D eigenvalue weighted by Crippen LogP contribution is -2.43. The molecule has 2 rings (SSSR count). The van der Waals surface area contributed by atoms with Crippen LogP contribution in [0, 0.1) is 5.82 Å². The first-order valence-electron chi connectivity index (χ1n) is 6.26. The van der Waals surface area contributed by atoms with Gasteiger partial charge in [-0.15, -0.1) is 0 Å². The molecule has 2 heterocycles. The Morgan fingerprint density at radius 2 is 2.25 bits per heavy atom. The molecule has 20 heavy (non-hydrogen) atoms. The van der Waals surface area contributed by atoms with E-state index in [1.807, 2.05) is 0 Å². The van der Waals surface area contributed by atoms with Crippen LogP contribution in [0.5, 0.6) is 0 Å². The number of nitrogens with zero attached hydrogens (tertiary/aromatic N) is 1. The highest BCUT2D eigenvalue weighted by Gasteiger charge is 2.27. The van der Waals surface area contributed by atoms with E-state index in [2.05, 4.69) is 15.6 Å². The van der Waals surface area contributed by atoms with Crippen molar-refractivity contribution in [2.24, 2.45) is 0 Å². The molecule has 0 aliphatic carbocycles. The molecule has 2 N–H and O–H groups in total. The second-order valence-electron chi connectivity index (χ2n) is 4.70. The van der Waals surface area contributed by atoms with Gasteiger partial charge in [0.15, 0.2) is 21.5 Å². The van der Waals surface area contributed by atoms with E-state index in [0.717, 1.165) is 0 Å². The zero-order chi connectivity index (χ0) is 14.8. The minimum Gasteiger partial charge on any atom is -0.371 e. The maximum absolute atomic E-state index is 13.9. The van der Waals surface area contributed by atoms with Gasteiger partial charge in [-0.25, -0.2) is 17.8 Å². The number of aromatic nitrogens is 1. The summed E-state index contributed by atoms with van der Waals surface area (Å²) < 4.78 is 36.9. The van der Waals surface area contributed by atoms with Crippen LogP contribution in [0.3, 0.4) is 0 Å². The Labute approximate surface area is 116 Å². The molecule has 6 nitrogen and oxygen atoms in total. The SMILES string of the molecule is CNc1nccc(C(=O)NC2CCCS(=O)(=O)C2)c1F. The molecule has 1 aromatic heterocycles. The van der Waals surface area contributed by atoms with Gasteiger partial charge in [-0.2, -0.15) is 0 Å². The largest absolute Gasteiger partial charge is 0.371 e. The van der Waals surface area contributed by atoms with E-state index in [4.69, 9.17) is 0 Å². The Morgan fingerprint density at radius 3 is 2.90 bits per heavy atom. The minimum atomic E-state index is -3.12. The number of amides is 1. The summed E-state index contributed by atoms with van der Waals surface area (Å²) in [6, 6.07) is 0.801. The van der Waals surface area contributed by atoms with Gasteiger partial charge in [0, 0.05) is 19.3 Å². The number of hydrogen-bond acceptors (Lipinski definition) is 5. The molecule has 8 heteroatoms. The van der Waals surface area contributed by atoms with Gasteiger partial charge in [-0.1, -0.05) is 0 Å². The second kappa shape index (κ2) is 5.74. The fraction of sp³-hybridized carbons (Fsp3) is 0.500. The smallest absolute Gasteiger partial charge is 0.254 e. The molecule has 1 fully saturated rings. The molecule has 0 radical (unpaired) electrons. The molecule has 0 bridgehead atoms. The molecular formula is C12H16FN3O3S. The summed E-state index contributed by atoms with van der Waals surface area (Å²) in [5.74, 6) is -1.33. The van der Waals surface area contributed by atoms with Gasteiger partial charge < -0.3 is 10.6 Å². The van der Waals surface area contributed by atoms with Crippen molar-refractivity contribution in [1.82, 2.24) is 10.3 Å². The predicted molar refractivity (Wildman–Crippen MR) is 72.9 cm³/mol. The van der Waals surface area contributed by atoms with Gasteiger partial charge in [0.25, 0.3) is 5.91 Å². The predicted octanol–water partition coefficient (Wildman–Crippen LogP) is 0.569. The quantitative estimate of drug-likeness (QED) is 0.852. The van der Waals surface area contributed by atoms with Crippen LogP contribution in [-0.2, 0) is 9.84 Å². The number of anilines is 1. The molecular weight excluding hydrogens is 285 g/mol. The van der Waals surface area contributed by atoms with Crippen LogP contribution in [0.1, 0.15) is 23.2 Å². The van der Waals surface area contributed by atoms with Gasteiger partial charge in [-0.3, -0.25) is 4.79 Å². The van der Waals surface area contributed by atoms with Crippen molar-refractivity contribution in [3.63, 3.8) is 0 Å². The van der Waals surface area contributed by atoms with E-state index >= 15 is 0 Å². The summed E-state index contributed by atoms with van der Waals surface area (Å²) in [5.41, 5.74) is -0.146. The van der Waals surface area contributed by atoms with E-state index < -0.39 is 27.6 Å². The second-order valence-corrected chi connectivity index (χ2v) is 6.93. The number of carbonyl (C=O) groups is 1. The Bertz CT molecular complexity index is 618. The van der Waals surface area contributed by atoms with Gasteiger partial charge in [-0.05, 0) is 18.9 Å². The average molecular weight is 301 g/mol. The zero-order valence-corrected chi connectivity index (χ0v) is 11.8.